The number of piperazine rings is 1. The third-order valence-electron chi connectivity index (χ3n) is 4.97. The van der Waals surface area contributed by atoms with E-state index in [-0.39, 0.29) is 29.9 Å². The van der Waals surface area contributed by atoms with Gasteiger partial charge in [-0.25, -0.2) is 4.39 Å². The van der Waals surface area contributed by atoms with Gasteiger partial charge < -0.3 is 14.4 Å². The van der Waals surface area contributed by atoms with Crippen LogP contribution in [0, 0.1) is 5.82 Å². The molecule has 0 aromatic heterocycles. The summed E-state index contributed by atoms with van der Waals surface area (Å²) in [6.07, 6.45) is 0. The van der Waals surface area contributed by atoms with E-state index >= 15 is 0 Å². The van der Waals surface area contributed by atoms with Crippen LogP contribution < -0.4 is 9.47 Å². The van der Waals surface area contributed by atoms with Crippen LogP contribution in [-0.4, -0.2) is 61.4 Å². The number of hydrogen-bond acceptors (Lipinski definition) is 5. The van der Waals surface area contributed by atoms with Gasteiger partial charge in [0.2, 0.25) is 0 Å². The second kappa shape index (κ2) is 9.52. The fourth-order valence-corrected chi connectivity index (χ4v) is 3.24. The van der Waals surface area contributed by atoms with Gasteiger partial charge in [-0.2, -0.15) is 0 Å². The molecule has 2 aromatic carbocycles. The molecule has 154 valence electrons. The Labute approximate surface area is 169 Å². The smallest absolute Gasteiger partial charge is 0.260 e. The molecule has 1 aliphatic heterocycles. The highest BCUT2D eigenvalue weighted by Crippen LogP contribution is 2.19. The third-order valence-corrected chi connectivity index (χ3v) is 4.97. The Morgan fingerprint density at radius 2 is 1.72 bits per heavy atom. The number of methoxy groups -OCH3 is 1. The van der Waals surface area contributed by atoms with Gasteiger partial charge in [-0.3, -0.25) is 14.5 Å². The maximum Gasteiger partial charge on any atom is 0.260 e. The first-order chi connectivity index (χ1) is 14.0. The topological polar surface area (TPSA) is 59.1 Å². The number of ketones is 1. The van der Waals surface area contributed by atoms with Crippen molar-refractivity contribution in [2.45, 2.75) is 13.5 Å². The van der Waals surface area contributed by atoms with Crippen molar-refractivity contribution < 1.29 is 23.5 Å². The van der Waals surface area contributed by atoms with Crippen molar-refractivity contribution in [2.24, 2.45) is 0 Å². The molecule has 0 unspecified atom stereocenters. The van der Waals surface area contributed by atoms with Crippen LogP contribution in [0.15, 0.2) is 42.5 Å². The van der Waals surface area contributed by atoms with Crippen LogP contribution in [0.5, 0.6) is 11.5 Å². The van der Waals surface area contributed by atoms with Crippen molar-refractivity contribution in [3.05, 3.63) is 59.4 Å². The average Bonchev–Trinajstić information content (AvgIpc) is 2.73. The molecule has 1 fully saturated rings. The lowest BCUT2D eigenvalue weighted by atomic mass is 10.1. The highest BCUT2D eigenvalue weighted by molar-refractivity contribution is 5.94. The normalized spacial score (nSPS) is 14.5. The highest BCUT2D eigenvalue weighted by atomic mass is 19.1. The molecule has 29 heavy (non-hydrogen) atoms. The molecule has 0 aliphatic carbocycles. The Kier molecular flexibility index (Phi) is 6.82. The Bertz CT molecular complexity index is 862. The van der Waals surface area contributed by atoms with E-state index in [4.69, 9.17) is 9.47 Å². The molecule has 0 saturated carbocycles. The van der Waals surface area contributed by atoms with E-state index in [0.29, 0.717) is 44.0 Å². The quantitative estimate of drug-likeness (QED) is 0.669. The third kappa shape index (κ3) is 5.54. The van der Waals surface area contributed by atoms with Crippen LogP contribution in [-0.2, 0) is 11.3 Å². The van der Waals surface area contributed by atoms with Gasteiger partial charge in [-0.15, -0.1) is 0 Å². The molecule has 1 heterocycles. The van der Waals surface area contributed by atoms with Crippen molar-refractivity contribution >= 4 is 11.7 Å². The molecule has 7 heteroatoms. The number of nitrogens with zero attached hydrogens (tertiary/aromatic N) is 2. The maximum absolute atomic E-state index is 13.8. The number of benzene rings is 2. The first-order valence-corrected chi connectivity index (χ1v) is 9.52. The number of Topliss-reactive ketones (excluding diaryl/α,β-unsaturated/α-hetero) is 1. The minimum Gasteiger partial charge on any atom is -0.494 e. The lowest BCUT2D eigenvalue weighted by molar-refractivity contribution is -0.135. The Hall–Kier alpha value is -2.93. The predicted octanol–water partition coefficient (Wildman–Crippen LogP) is 2.76. The van der Waals surface area contributed by atoms with Crippen molar-refractivity contribution in [3.8, 4) is 11.5 Å². The summed E-state index contributed by atoms with van der Waals surface area (Å²) in [5.41, 5.74) is 1.48. The number of ether oxygens (including phenoxy) is 2. The molecular formula is C22H25FN2O4. The van der Waals surface area contributed by atoms with Gasteiger partial charge in [0.15, 0.2) is 24.0 Å². The summed E-state index contributed by atoms with van der Waals surface area (Å²) in [6.45, 7) is 4.73. The van der Waals surface area contributed by atoms with Crippen LogP contribution in [0.3, 0.4) is 0 Å². The molecule has 1 saturated heterocycles. The zero-order valence-corrected chi connectivity index (χ0v) is 16.7. The monoisotopic (exact) mass is 400 g/mol. The van der Waals surface area contributed by atoms with Gasteiger partial charge in [0.05, 0.1) is 7.11 Å². The lowest BCUT2D eigenvalue weighted by Crippen LogP contribution is -2.49. The Morgan fingerprint density at radius 1 is 1.03 bits per heavy atom. The van der Waals surface area contributed by atoms with Gasteiger partial charge in [0, 0.05) is 38.3 Å². The molecule has 6 nitrogen and oxygen atoms in total. The Morgan fingerprint density at radius 3 is 2.31 bits per heavy atom. The summed E-state index contributed by atoms with van der Waals surface area (Å²) in [5, 5.41) is 0. The number of hydrogen-bond donors (Lipinski definition) is 0. The van der Waals surface area contributed by atoms with E-state index < -0.39 is 0 Å². The van der Waals surface area contributed by atoms with E-state index in [2.05, 4.69) is 4.90 Å². The highest BCUT2D eigenvalue weighted by Gasteiger charge is 2.21. The zero-order valence-electron chi connectivity index (χ0n) is 16.7. The minimum atomic E-state index is -0.368. The molecule has 1 aliphatic rings. The summed E-state index contributed by atoms with van der Waals surface area (Å²) >= 11 is 0. The molecule has 3 rings (SSSR count). The van der Waals surface area contributed by atoms with Crippen molar-refractivity contribution in [1.82, 2.24) is 9.80 Å². The fraction of sp³-hybridized carbons (Fsp3) is 0.364. The second-order valence-corrected chi connectivity index (χ2v) is 7.00. The summed E-state index contributed by atoms with van der Waals surface area (Å²) in [6, 6.07) is 11.7. The van der Waals surface area contributed by atoms with Crippen molar-refractivity contribution in [2.75, 3.05) is 39.9 Å². The molecular weight excluding hydrogens is 375 g/mol. The first kappa shape index (κ1) is 20.8. The van der Waals surface area contributed by atoms with Gasteiger partial charge in [0.25, 0.3) is 5.91 Å². The van der Waals surface area contributed by atoms with Crippen LogP contribution >= 0.6 is 0 Å². The Balaban J connectivity index is 1.44. The van der Waals surface area contributed by atoms with E-state index in [9.17, 15) is 14.0 Å². The summed E-state index contributed by atoms with van der Waals surface area (Å²) in [5.74, 6) is 0.342. The van der Waals surface area contributed by atoms with Gasteiger partial charge in [-0.05, 0) is 48.9 Å². The molecule has 0 N–H and O–H groups in total. The van der Waals surface area contributed by atoms with Crippen molar-refractivity contribution in [3.63, 3.8) is 0 Å². The van der Waals surface area contributed by atoms with E-state index in [1.54, 1.807) is 35.2 Å². The molecule has 2 aromatic rings. The number of rotatable bonds is 7. The second-order valence-electron chi connectivity index (χ2n) is 7.00. The molecule has 0 atom stereocenters. The van der Waals surface area contributed by atoms with Crippen LogP contribution in [0.1, 0.15) is 22.8 Å². The van der Waals surface area contributed by atoms with Gasteiger partial charge in [-0.1, -0.05) is 6.07 Å². The number of halogens is 1. The van der Waals surface area contributed by atoms with Crippen LogP contribution in [0.4, 0.5) is 4.39 Å². The minimum absolute atomic E-state index is 0.0112. The number of amides is 1. The first-order valence-electron chi connectivity index (χ1n) is 9.52. The van der Waals surface area contributed by atoms with E-state index in [1.165, 1.54) is 20.1 Å². The largest absolute Gasteiger partial charge is 0.494 e. The van der Waals surface area contributed by atoms with Crippen molar-refractivity contribution in [1.29, 1.82) is 0 Å². The van der Waals surface area contributed by atoms with Crippen LogP contribution in [0.2, 0.25) is 0 Å². The molecule has 0 spiro atoms. The lowest BCUT2D eigenvalue weighted by Gasteiger charge is -2.34. The van der Waals surface area contributed by atoms with E-state index in [0.717, 1.165) is 5.56 Å². The number of carbonyl (C=O) groups is 2. The standard InChI is InChI=1S/C22H25FN2O4/c1-16(26)18-4-6-19(7-5-18)29-15-22(27)25-11-9-24(10-12-25)14-17-3-8-21(28-2)20(23)13-17/h3-8,13H,9-12,14-15H2,1-2H3. The van der Waals surface area contributed by atoms with Gasteiger partial charge >= 0.3 is 0 Å². The average molecular weight is 400 g/mol. The fourth-order valence-electron chi connectivity index (χ4n) is 3.24. The predicted molar refractivity (Wildman–Crippen MR) is 107 cm³/mol. The summed E-state index contributed by atoms with van der Waals surface area (Å²) in [7, 11) is 1.44. The number of carbonyl (C=O) groups excluding carboxylic acids is 2. The zero-order chi connectivity index (χ0) is 20.8. The van der Waals surface area contributed by atoms with Gasteiger partial charge in [0.1, 0.15) is 5.75 Å². The molecule has 0 bridgehead atoms. The summed E-state index contributed by atoms with van der Waals surface area (Å²) in [4.78, 5) is 27.6. The molecule has 1 amide bonds. The molecule has 0 radical (unpaired) electrons. The van der Waals surface area contributed by atoms with Crippen LogP contribution in [0.25, 0.3) is 0 Å². The SMILES string of the molecule is COc1ccc(CN2CCN(C(=O)COc3ccc(C(C)=O)cc3)CC2)cc1F. The van der Waals surface area contributed by atoms with E-state index in [1.807, 2.05) is 6.07 Å². The maximum atomic E-state index is 13.8. The summed E-state index contributed by atoms with van der Waals surface area (Å²) < 4.78 is 24.3.